The Balaban J connectivity index is 1.05. The fourth-order valence-corrected chi connectivity index (χ4v) is 9.11. The average Bonchev–Trinajstić information content (AvgIpc) is 3.86. The minimum Gasteiger partial charge on any atom is -0.456 e. The Bertz CT molecular complexity index is 3470. The topological polar surface area (TPSA) is 29.5 Å². The molecule has 0 radical (unpaired) electrons. The number of nitrogens with zero attached hydrogens (tertiary/aromatic N) is 1. The number of anilines is 3. The second-order valence-electron chi connectivity index (χ2n) is 14.8. The van der Waals surface area contributed by atoms with Crippen molar-refractivity contribution in [3.05, 3.63) is 200 Å². The van der Waals surface area contributed by atoms with E-state index in [0.717, 1.165) is 61.1 Å². The molecule has 0 spiro atoms. The van der Waals surface area contributed by atoms with Crippen LogP contribution in [0.1, 0.15) is 0 Å². The SMILES string of the molecule is c1ccc(-c2ccc(N(c3ccc(-c4cccc5c6ccc7oc8ccccc8c7c6c6ccccc6c45)cc3)c3cccc4c3oc3ccccc34)cc2)cc1. The van der Waals surface area contributed by atoms with E-state index in [-0.39, 0.29) is 0 Å². The van der Waals surface area contributed by atoms with Crippen molar-refractivity contribution >= 4 is 93.3 Å². The molecule has 0 saturated carbocycles. The van der Waals surface area contributed by atoms with E-state index < -0.39 is 0 Å². The number of rotatable bonds is 5. The van der Waals surface area contributed by atoms with Gasteiger partial charge in [-0.05, 0) is 104 Å². The van der Waals surface area contributed by atoms with Crippen molar-refractivity contribution in [3.8, 4) is 22.3 Å². The van der Waals surface area contributed by atoms with Gasteiger partial charge in [0.25, 0.3) is 0 Å². The second-order valence-corrected chi connectivity index (χ2v) is 14.8. The van der Waals surface area contributed by atoms with Gasteiger partial charge in [0.2, 0.25) is 0 Å². The predicted molar refractivity (Wildman–Crippen MR) is 239 cm³/mol. The van der Waals surface area contributed by atoms with Crippen LogP contribution in [0.25, 0.3) is 98.4 Å². The van der Waals surface area contributed by atoms with Crippen molar-refractivity contribution in [2.75, 3.05) is 4.90 Å². The third-order valence-electron chi connectivity index (χ3n) is 11.7. The molecule has 0 bridgehead atoms. The van der Waals surface area contributed by atoms with Crippen LogP contribution in [0.15, 0.2) is 209 Å². The zero-order valence-corrected chi connectivity index (χ0v) is 30.8. The van der Waals surface area contributed by atoms with E-state index in [4.69, 9.17) is 8.83 Å². The third kappa shape index (κ3) is 4.86. The molecule has 57 heavy (non-hydrogen) atoms. The third-order valence-corrected chi connectivity index (χ3v) is 11.7. The van der Waals surface area contributed by atoms with Crippen LogP contribution in [-0.2, 0) is 0 Å². The first-order valence-electron chi connectivity index (χ1n) is 19.4. The number of hydrogen-bond acceptors (Lipinski definition) is 3. The minimum absolute atomic E-state index is 0.863. The Labute approximate surface area is 328 Å². The van der Waals surface area contributed by atoms with Gasteiger partial charge < -0.3 is 13.7 Å². The molecular weight excluding hydrogens is 695 g/mol. The lowest BCUT2D eigenvalue weighted by molar-refractivity contribution is 0.669. The molecule has 3 nitrogen and oxygen atoms in total. The standard InChI is InChI=1S/C54H33NO2/c1-2-12-34(13-3-1)35-24-28-37(29-25-35)55(47-21-11-20-45-40-14-6-8-22-48(40)57-54(45)47)38-30-26-36(27-31-38)39-18-10-19-42-44-32-33-50-53(46-17-7-9-23-49(46)56-50)52(44)43-16-5-4-15-41(43)51(39)42/h1-33H. The summed E-state index contributed by atoms with van der Waals surface area (Å²) in [6.07, 6.45) is 0. The number of para-hydroxylation sites is 3. The van der Waals surface area contributed by atoms with Gasteiger partial charge in [0, 0.05) is 38.3 Å². The molecule has 0 fully saturated rings. The predicted octanol–water partition coefficient (Wildman–Crippen LogP) is 15.7. The van der Waals surface area contributed by atoms with E-state index in [9.17, 15) is 0 Å². The zero-order valence-electron chi connectivity index (χ0n) is 30.8. The van der Waals surface area contributed by atoms with Gasteiger partial charge in [-0.3, -0.25) is 0 Å². The molecule has 3 heteroatoms. The highest BCUT2D eigenvalue weighted by atomic mass is 16.3. The summed E-state index contributed by atoms with van der Waals surface area (Å²) in [4.78, 5) is 2.32. The molecule has 12 aromatic rings. The fourth-order valence-electron chi connectivity index (χ4n) is 9.11. The minimum atomic E-state index is 0.863. The molecule has 0 N–H and O–H groups in total. The second kappa shape index (κ2) is 12.5. The smallest absolute Gasteiger partial charge is 0.159 e. The summed E-state index contributed by atoms with van der Waals surface area (Å²) in [5.41, 5.74) is 11.4. The Hall–Kier alpha value is -7.62. The zero-order chi connectivity index (χ0) is 37.5. The maximum Gasteiger partial charge on any atom is 0.159 e. The number of fused-ring (bicyclic) bond motifs is 13. The first-order chi connectivity index (χ1) is 28.3. The summed E-state index contributed by atoms with van der Waals surface area (Å²) >= 11 is 0. The normalized spacial score (nSPS) is 11.9. The van der Waals surface area contributed by atoms with Crippen LogP contribution in [0.2, 0.25) is 0 Å². The highest BCUT2D eigenvalue weighted by Gasteiger charge is 2.21. The largest absolute Gasteiger partial charge is 0.456 e. The van der Waals surface area contributed by atoms with E-state index >= 15 is 0 Å². The Morgan fingerprint density at radius 3 is 1.54 bits per heavy atom. The van der Waals surface area contributed by atoms with Crippen LogP contribution >= 0.6 is 0 Å². The van der Waals surface area contributed by atoms with Crippen molar-refractivity contribution in [1.29, 1.82) is 0 Å². The molecule has 2 aromatic heterocycles. The number of benzene rings is 10. The Kier molecular flexibility index (Phi) is 6.93. The van der Waals surface area contributed by atoms with Gasteiger partial charge in [-0.1, -0.05) is 146 Å². The van der Waals surface area contributed by atoms with Crippen molar-refractivity contribution < 1.29 is 8.83 Å². The van der Waals surface area contributed by atoms with Crippen molar-refractivity contribution in [3.63, 3.8) is 0 Å². The molecule has 266 valence electrons. The van der Waals surface area contributed by atoms with Crippen LogP contribution in [0.4, 0.5) is 17.1 Å². The van der Waals surface area contributed by atoms with Gasteiger partial charge in [-0.2, -0.15) is 0 Å². The lowest BCUT2D eigenvalue weighted by atomic mass is 9.88. The first kappa shape index (κ1) is 31.7. The van der Waals surface area contributed by atoms with Crippen molar-refractivity contribution in [2.24, 2.45) is 0 Å². The van der Waals surface area contributed by atoms with Crippen LogP contribution in [-0.4, -0.2) is 0 Å². The van der Waals surface area contributed by atoms with E-state index in [1.54, 1.807) is 0 Å². The maximum atomic E-state index is 6.62. The monoisotopic (exact) mass is 727 g/mol. The lowest BCUT2D eigenvalue weighted by Gasteiger charge is -2.26. The van der Waals surface area contributed by atoms with Gasteiger partial charge in [-0.25, -0.2) is 0 Å². The van der Waals surface area contributed by atoms with E-state index in [2.05, 4.69) is 187 Å². The van der Waals surface area contributed by atoms with Crippen LogP contribution in [0, 0.1) is 0 Å². The highest BCUT2D eigenvalue weighted by Crippen LogP contribution is 2.46. The highest BCUT2D eigenvalue weighted by molar-refractivity contribution is 6.36. The quantitative estimate of drug-likeness (QED) is 0.165. The van der Waals surface area contributed by atoms with Crippen molar-refractivity contribution in [1.82, 2.24) is 0 Å². The molecule has 0 unspecified atom stereocenters. The summed E-state index contributed by atoms with van der Waals surface area (Å²) in [7, 11) is 0. The van der Waals surface area contributed by atoms with E-state index in [1.165, 1.54) is 54.4 Å². The van der Waals surface area contributed by atoms with Gasteiger partial charge in [0.15, 0.2) is 5.58 Å². The summed E-state index contributed by atoms with van der Waals surface area (Å²) in [6, 6.07) is 71.4. The molecule has 0 aliphatic carbocycles. The van der Waals surface area contributed by atoms with Crippen molar-refractivity contribution in [2.45, 2.75) is 0 Å². The molecule has 0 amide bonds. The maximum absolute atomic E-state index is 6.62. The van der Waals surface area contributed by atoms with Crippen LogP contribution < -0.4 is 4.90 Å². The molecule has 0 atom stereocenters. The van der Waals surface area contributed by atoms with E-state index in [0.29, 0.717) is 0 Å². The number of furan rings is 2. The molecule has 12 rings (SSSR count). The average molecular weight is 728 g/mol. The molecule has 2 heterocycles. The summed E-state index contributed by atoms with van der Waals surface area (Å²) in [5, 5.41) is 11.9. The van der Waals surface area contributed by atoms with Crippen LogP contribution in [0.3, 0.4) is 0 Å². The van der Waals surface area contributed by atoms with Gasteiger partial charge in [-0.15, -0.1) is 0 Å². The summed E-state index contributed by atoms with van der Waals surface area (Å²) < 4.78 is 13.0. The molecular formula is C54H33NO2. The van der Waals surface area contributed by atoms with Crippen LogP contribution in [0.5, 0.6) is 0 Å². The summed E-state index contributed by atoms with van der Waals surface area (Å²) in [5.74, 6) is 0. The van der Waals surface area contributed by atoms with Gasteiger partial charge in [0.1, 0.15) is 16.7 Å². The summed E-state index contributed by atoms with van der Waals surface area (Å²) in [6.45, 7) is 0. The van der Waals surface area contributed by atoms with E-state index in [1.807, 2.05) is 18.2 Å². The molecule has 0 aliphatic heterocycles. The molecule has 0 saturated heterocycles. The Morgan fingerprint density at radius 1 is 0.281 bits per heavy atom. The van der Waals surface area contributed by atoms with Gasteiger partial charge in [0.05, 0.1) is 5.69 Å². The Morgan fingerprint density at radius 2 is 0.807 bits per heavy atom. The fraction of sp³-hybridized carbons (Fsp3) is 0. The first-order valence-corrected chi connectivity index (χ1v) is 19.4. The molecule has 0 aliphatic rings. The molecule has 10 aromatic carbocycles. The van der Waals surface area contributed by atoms with Gasteiger partial charge >= 0.3 is 0 Å². The lowest BCUT2D eigenvalue weighted by Crippen LogP contribution is -2.10. The number of hydrogen-bond donors (Lipinski definition) is 0.